The Bertz CT molecular complexity index is 1370. The van der Waals surface area contributed by atoms with Crippen molar-refractivity contribution >= 4 is 17.9 Å². The lowest BCUT2D eigenvalue weighted by Gasteiger charge is -2.18. The molecule has 0 aromatic rings. The normalized spacial score (nSPS) is 12.5. The second-order valence-corrected chi connectivity index (χ2v) is 21.3. The number of hydrogen-bond acceptors (Lipinski definition) is 6. The third-order valence-electron chi connectivity index (χ3n) is 13.9. The van der Waals surface area contributed by atoms with E-state index in [1.165, 1.54) is 186 Å². The van der Waals surface area contributed by atoms with Crippen molar-refractivity contribution in [3.05, 3.63) is 72.9 Å². The molecule has 0 saturated heterocycles. The fourth-order valence-corrected chi connectivity index (χ4v) is 9.14. The smallest absolute Gasteiger partial charge is 0.306 e. The highest BCUT2D eigenvalue weighted by Gasteiger charge is 2.19. The molecule has 0 aromatic heterocycles. The number of carbonyl (C=O) groups is 3. The van der Waals surface area contributed by atoms with Crippen LogP contribution in [0.4, 0.5) is 0 Å². The molecule has 428 valence electrons. The molecule has 0 N–H and O–H groups in total. The van der Waals surface area contributed by atoms with E-state index in [1.807, 2.05) is 0 Å². The fraction of sp³-hybridized carbons (Fsp3) is 0.779. The van der Waals surface area contributed by atoms with Gasteiger partial charge in [-0.25, -0.2) is 0 Å². The standard InChI is InChI=1S/C68H120O6/c1-4-7-10-13-16-19-22-24-26-28-29-30-31-32-33-34-35-36-37-38-39-41-42-44-46-49-52-55-58-61-67(70)73-64-65(63-72-66(69)60-57-54-51-48-21-18-15-12-9-6-3)74-68(71)62-59-56-53-50-47-45-43-40-27-25-23-20-17-14-11-8-5-2/h7,10,12,15-16,19,24-27,29-30,65H,4-6,8-9,11,13-14,17-18,20-23,28,31-64H2,1-3H3/b10-7-,15-12-,19-16-,26-24-,27-25-,30-29-. The van der Waals surface area contributed by atoms with Gasteiger partial charge in [0.25, 0.3) is 0 Å². The predicted molar refractivity (Wildman–Crippen MR) is 321 cm³/mol. The quantitative estimate of drug-likeness (QED) is 0.0261. The Morgan fingerprint density at radius 3 is 0.892 bits per heavy atom. The van der Waals surface area contributed by atoms with Crippen LogP contribution in [0.1, 0.15) is 323 Å². The Labute approximate surface area is 459 Å². The van der Waals surface area contributed by atoms with Gasteiger partial charge in [-0.3, -0.25) is 14.4 Å². The number of unbranched alkanes of at least 4 members (excludes halogenated alkanes) is 35. The Kier molecular flexibility index (Phi) is 59.7. The maximum absolute atomic E-state index is 12.9. The Hall–Kier alpha value is -3.15. The van der Waals surface area contributed by atoms with Gasteiger partial charge in [0.05, 0.1) is 0 Å². The van der Waals surface area contributed by atoms with Crippen LogP contribution in [-0.2, 0) is 28.6 Å². The van der Waals surface area contributed by atoms with E-state index in [0.717, 1.165) is 96.3 Å². The molecule has 1 unspecified atom stereocenters. The van der Waals surface area contributed by atoms with E-state index < -0.39 is 6.10 Å². The Balaban J connectivity index is 4.16. The summed E-state index contributed by atoms with van der Waals surface area (Å²) in [4.78, 5) is 38.2. The van der Waals surface area contributed by atoms with Crippen molar-refractivity contribution in [3.8, 4) is 0 Å². The summed E-state index contributed by atoms with van der Waals surface area (Å²) in [6, 6.07) is 0. The SMILES string of the molecule is CC/C=C\C/C=C\C/C=C\C/C=C\CCCCCCCCCCCCCCCCCCC(=O)OCC(COC(=O)CCCCCCC/C=C\CCC)OC(=O)CCCCCCCCC/C=C\CCCCCCCC. The van der Waals surface area contributed by atoms with Crippen LogP contribution >= 0.6 is 0 Å². The molecule has 6 heteroatoms. The van der Waals surface area contributed by atoms with Crippen LogP contribution in [0.2, 0.25) is 0 Å². The van der Waals surface area contributed by atoms with Crippen molar-refractivity contribution in [2.75, 3.05) is 13.2 Å². The molecular weight excluding hydrogens is 913 g/mol. The van der Waals surface area contributed by atoms with E-state index in [0.29, 0.717) is 19.3 Å². The molecule has 0 bridgehead atoms. The van der Waals surface area contributed by atoms with Crippen molar-refractivity contribution < 1.29 is 28.6 Å². The molecule has 0 spiro atoms. The van der Waals surface area contributed by atoms with Crippen molar-refractivity contribution in [2.24, 2.45) is 0 Å². The molecule has 0 rings (SSSR count). The summed E-state index contributed by atoms with van der Waals surface area (Å²) in [5.41, 5.74) is 0. The van der Waals surface area contributed by atoms with Gasteiger partial charge >= 0.3 is 17.9 Å². The monoisotopic (exact) mass is 1030 g/mol. The zero-order valence-electron chi connectivity index (χ0n) is 49.1. The maximum atomic E-state index is 12.9. The van der Waals surface area contributed by atoms with Gasteiger partial charge in [-0.05, 0) is 103 Å². The maximum Gasteiger partial charge on any atom is 0.306 e. The van der Waals surface area contributed by atoms with Crippen LogP contribution in [-0.4, -0.2) is 37.2 Å². The average Bonchev–Trinajstić information content (AvgIpc) is 3.40. The lowest BCUT2D eigenvalue weighted by molar-refractivity contribution is -0.167. The van der Waals surface area contributed by atoms with Gasteiger partial charge in [0.1, 0.15) is 13.2 Å². The lowest BCUT2D eigenvalue weighted by Crippen LogP contribution is -2.30. The first-order valence-corrected chi connectivity index (χ1v) is 31.9. The molecule has 0 saturated carbocycles. The van der Waals surface area contributed by atoms with Crippen LogP contribution in [0.15, 0.2) is 72.9 Å². The number of ether oxygens (including phenoxy) is 3. The number of hydrogen-bond donors (Lipinski definition) is 0. The molecule has 0 heterocycles. The van der Waals surface area contributed by atoms with Gasteiger partial charge in [0.15, 0.2) is 6.10 Å². The largest absolute Gasteiger partial charge is 0.462 e. The van der Waals surface area contributed by atoms with Crippen LogP contribution < -0.4 is 0 Å². The first-order valence-electron chi connectivity index (χ1n) is 31.9. The molecule has 74 heavy (non-hydrogen) atoms. The van der Waals surface area contributed by atoms with E-state index in [4.69, 9.17) is 14.2 Å². The summed E-state index contributed by atoms with van der Waals surface area (Å²) in [7, 11) is 0. The summed E-state index contributed by atoms with van der Waals surface area (Å²) in [5.74, 6) is -0.879. The predicted octanol–water partition coefficient (Wildman–Crippen LogP) is 21.7. The van der Waals surface area contributed by atoms with E-state index in [9.17, 15) is 14.4 Å². The van der Waals surface area contributed by atoms with Gasteiger partial charge in [-0.1, -0.05) is 273 Å². The zero-order chi connectivity index (χ0) is 53.6. The molecule has 0 aliphatic heterocycles. The third-order valence-corrected chi connectivity index (χ3v) is 13.9. The van der Waals surface area contributed by atoms with Crippen molar-refractivity contribution in [2.45, 2.75) is 329 Å². The minimum absolute atomic E-state index is 0.0768. The summed E-state index contributed by atoms with van der Waals surface area (Å²) in [6.45, 7) is 6.48. The van der Waals surface area contributed by atoms with Crippen molar-refractivity contribution in [1.82, 2.24) is 0 Å². The number of rotatable bonds is 58. The summed E-state index contributed by atoms with van der Waals surface area (Å²) in [6.07, 6.45) is 80.7. The molecule has 0 aliphatic rings. The second-order valence-electron chi connectivity index (χ2n) is 21.3. The van der Waals surface area contributed by atoms with Crippen LogP contribution in [0.3, 0.4) is 0 Å². The second kappa shape index (κ2) is 62.4. The van der Waals surface area contributed by atoms with Crippen LogP contribution in [0.25, 0.3) is 0 Å². The molecular formula is C68H120O6. The summed E-state index contributed by atoms with van der Waals surface area (Å²) >= 11 is 0. The topological polar surface area (TPSA) is 78.9 Å². The van der Waals surface area contributed by atoms with Gasteiger partial charge < -0.3 is 14.2 Å². The first kappa shape index (κ1) is 70.8. The first-order chi connectivity index (χ1) is 36.5. The number of esters is 3. The molecule has 0 radical (unpaired) electrons. The third kappa shape index (κ3) is 59.7. The zero-order valence-corrected chi connectivity index (χ0v) is 49.1. The van der Waals surface area contributed by atoms with Gasteiger partial charge in [0, 0.05) is 19.3 Å². The van der Waals surface area contributed by atoms with Crippen molar-refractivity contribution in [3.63, 3.8) is 0 Å². The van der Waals surface area contributed by atoms with Gasteiger partial charge in [0.2, 0.25) is 0 Å². The van der Waals surface area contributed by atoms with Crippen LogP contribution in [0, 0.1) is 0 Å². The number of allylic oxidation sites excluding steroid dienone is 12. The molecule has 6 nitrogen and oxygen atoms in total. The van der Waals surface area contributed by atoms with Crippen LogP contribution in [0.5, 0.6) is 0 Å². The van der Waals surface area contributed by atoms with E-state index in [1.54, 1.807) is 0 Å². The summed E-state index contributed by atoms with van der Waals surface area (Å²) in [5, 5.41) is 0. The van der Waals surface area contributed by atoms with E-state index in [2.05, 4.69) is 93.7 Å². The molecule has 0 aliphatic carbocycles. The van der Waals surface area contributed by atoms with Gasteiger partial charge in [-0.2, -0.15) is 0 Å². The fourth-order valence-electron chi connectivity index (χ4n) is 9.14. The molecule has 0 amide bonds. The summed E-state index contributed by atoms with van der Waals surface area (Å²) < 4.78 is 16.9. The highest BCUT2D eigenvalue weighted by atomic mass is 16.6. The van der Waals surface area contributed by atoms with Crippen molar-refractivity contribution in [1.29, 1.82) is 0 Å². The molecule has 0 aromatic carbocycles. The molecule has 0 fully saturated rings. The van der Waals surface area contributed by atoms with E-state index >= 15 is 0 Å². The molecule has 1 atom stereocenters. The lowest BCUT2D eigenvalue weighted by atomic mass is 10.0. The average molecular weight is 1030 g/mol. The minimum atomic E-state index is -0.779. The van der Waals surface area contributed by atoms with E-state index in [-0.39, 0.29) is 31.1 Å². The minimum Gasteiger partial charge on any atom is -0.462 e. The highest BCUT2D eigenvalue weighted by Crippen LogP contribution is 2.17. The highest BCUT2D eigenvalue weighted by molar-refractivity contribution is 5.71. The van der Waals surface area contributed by atoms with Gasteiger partial charge in [-0.15, -0.1) is 0 Å². The number of carbonyl (C=O) groups excluding carboxylic acids is 3. The Morgan fingerprint density at radius 2 is 0.554 bits per heavy atom. The Morgan fingerprint density at radius 1 is 0.284 bits per heavy atom.